The summed E-state index contributed by atoms with van der Waals surface area (Å²) < 4.78 is 0. The van der Waals surface area contributed by atoms with Crippen LogP contribution in [0.5, 0.6) is 0 Å². The van der Waals surface area contributed by atoms with Crippen molar-refractivity contribution in [1.29, 1.82) is 0 Å². The average molecular weight is 705 g/mol. The van der Waals surface area contributed by atoms with Gasteiger partial charge in [-0.1, -0.05) is 182 Å². The Hall–Kier alpha value is -7.17. The van der Waals surface area contributed by atoms with Crippen LogP contribution in [0.3, 0.4) is 0 Å². The van der Waals surface area contributed by atoms with Crippen molar-refractivity contribution in [3.05, 3.63) is 211 Å². The van der Waals surface area contributed by atoms with E-state index in [-0.39, 0.29) is 6.17 Å². The zero-order chi connectivity index (χ0) is 36.7. The van der Waals surface area contributed by atoms with Crippen molar-refractivity contribution in [2.45, 2.75) is 6.17 Å². The number of aliphatic imine (C=N–C) groups is 2. The third-order valence-corrected chi connectivity index (χ3v) is 10.7. The second-order valence-corrected chi connectivity index (χ2v) is 14.1. The molecule has 4 heteroatoms. The van der Waals surface area contributed by atoms with Crippen LogP contribution in [0.4, 0.5) is 0 Å². The number of para-hydroxylation sites is 1. The van der Waals surface area contributed by atoms with E-state index in [0.717, 1.165) is 50.7 Å². The largest absolute Gasteiger partial charge is 0.333 e. The first kappa shape index (κ1) is 32.5. The van der Waals surface area contributed by atoms with E-state index >= 15 is 0 Å². The highest BCUT2D eigenvalue weighted by atomic mass is 15.3. The molecule has 0 fully saturated rings. The lowest BCUT2D eigenvalue weighted by atomic mass is 9.93. The normalized spacial score (nSPS) is 14.3. The van der Waals surface area contributed by atoms with Gasteiger partial charge in [-0.15, -0.1) is 0 Å². The van der Waals surface area contributed by atoms with Crippen molar-refractivity contribution in [2.24, 2.45) is 9.98 Å². The van der Waals surface area contributed by atoms with Crippen molar-refractivity contribution in [3.8, 4) is 33.5 Å². The van der Waals surface area contributed by atoms with E-state index in [2.05, 4.69) is 194 Å². The molecule has 0 N–H and O–H groups in total. The highest BCUT2D eigenvalue weighted by Gasteiger charge is 2.26. The maximum Gasteiger partial charge on any atom is 0.159 e. The Balaban J connectivity index is 0.957. The van der Waals surface area contributed by atoms with Gasteiger partial charge in [0.15, 0.2) is 5.84 Å². The summed E-state index contributed by atoms with van der Waals surface area (Å²) in [4.78, 5) is 17.5. The van der Waals surface area contributed by atoms with Gasteiger partial charge in [0.25, 0.3) is 0 Å². The minimum absolute atomic E-state index is 0.176. The predicted octanol–water partition coefficient (Wildman–Crippen LogP) is 12.4. The fourth-order valence-corrected chi connectivity index (χ4v) is 7.90. The molecule has 1 atom stereocenters. The minimum atomic E-state index is -0.176. The van der Waals surface area contributed by atoms with Crippen molar-refractivity contribution < 1.29 is 0 Å². The molecule has 10 rings (SSSR count). The first-order valence-corrected chi connectivity index (χ1v) is 18.7. The van der Waals surface area contributed by atoms with Gasteiger partial charge in [0.1, 0.15) is 12.0 Å². The summed E-state index contributed by atoms with van der Waals surface area (Å²) >= 11 is 0. The lowest BCUT2D eigenvalue weighted by molar-refractivity contribution is 0.383. The zero-order valence-corrected chi connectivity index (χ0v) is 30.3. The number of nitrogens with zero attached hydrogens (tertiary/aromatic N) is 4. The van der Waals surface area contributed by atoms with Crippen molar-refractivity contribution in [2.75, 3.05) is 7.05 Å². The molecular weight excluding hydrogens is 669 g/mol. The van der Waals surface area contributed by atoms with Gasteiger partial charge in [-0.05, 0) is 56.1 Å². The smallest absolute Gasteiger partial charge is 0.159 e. The number of fused-ring (bicyclic) bond motifs is 4. The fraction of sp³-hybridized carbons (Fsp3) is 0.0392. The summed E-state index contributed by atoms with van der Waals surface area (Å²) in [5, 5.41) is 6.00. The zero-order valence-electron chi connectivity index (χ0n) is 30.3. The second kappa shape index (κ2) is 13.7. The summed E-state index contributed by atoms with van der Waals surface area (Å²) in [6.07, 6.45) is -0.176. The van der Waals surface area contributed by atoms with Gasteiger partial charge < -0.3 is 4.90 Å². The van der Waals surface area contributed by atoms with E-state index in [9.17, 15) is 0 Å². The fourth-order valence-electron chi connectivity index (χ4n) is 7.90. The van der Waals surface area contributed by atoms with Crippen LogP contribution < -0.4 is 0 Å². The van der Waals surface area contributed by atoms with Gasteiger partial charge in [0.2, 0.25) is 0 Å². The van der Waals surface area contributed by atoms with Crippen LogP contribution in [0, 0.1) is 0 Å². The van der Waals surface area contributed by atoms with Gasteiger partial charge in [0.05, 0.1) is 11.2 Å². The Morgan fingerprint density at radius 2 is 1.05 bits per heavy atom. The van der Waals surface area contributed by atoms with Gasteiger partial charge in [-0.2, -0.15) is 0 Å². The second-order valence-electron chi connectivity index (χ2n) is 14.1. The van der Waals surface area contributed by atoms with Gasteiger partial charge in [-0.3, -0.25) is 0 Å². The van der Waals surface area contributed by atoms with Gasteiger partial charge in [-0.25, -0.2) is 15.0 Å². The number of benzene rings is 8. The summed E-state index contributed by atoms with van der Waals surface area (Å²) in [7, 11) is 2.07. The third-order valence-electron chi connectivity index (χ3n) is 10.7. The van der Waals surface area contributed by atoms with Crippen LogP contribution >= 0.6 is 0 Å². The number of rotatable bonds is 6. The number of aromatic nitrogens is 1. The number of pyridine rings is 1. The van der Waals surface area contributed by atoms with Crippen LogP contribution in [0.15, 0.2) is 204 Å². The molecule has 0 radical (unpaired) electrons. The molecule has 0 saturated carbocycles. The standard InChI is InChI=1S/C51H36N4/c1-55-50(38-13-4-2-5-14-38)53-49(54-51(55)39-15-6-3-7-16-39)37-29-23-34(24-30-37)40-31-32-43-41(33-40)17-12-21-42(43)35-25-27-36(28-26-35)48-46-20-9-8-18-44(46)45-19-10-11-22-47(45)52-48/h2-33,50H,1H3. The maximum atomic E-state index is 5.16. The van der Waals surface area contributed by atoms with Crippen LogP contribution in [0.25, 0.3) is 66.0 Å². The molecule has 1 aliphatic heterocycles. The summed E-state index contributed by atoms with van der Waals surface area (Å²) in [6.45, 7) is 0. The lowest BCUT2D eigenvalue weighted by Crippen LogP contribution is -2.35. The molecule has 0 aliphatic carbocycles. The molecule has 0 saturated heterocycles. The molecular formula is C51H36N4. The summed E-state index contributed by atoms with van der Waals surface area (Å²) in [5.74, 6) is 1.64. The first-order valence-electron chi connectivity index (χ1n) is 18.7. The topological polar surface area (TPSA) is 40.9 Å². The number of hydrogen-bond donors (Lipinski definition) is 0. The first-order chi connectivity index (χ1) is 27.2. The van der Waals surface area contributed by atoms with E-state index < -0.39 is 0 Å². The molecule has 0 amide bonds. The van der Waals surface area contributed by atoms with Crippen molar-refractivity contribution in [1.82, 2.24) is 9.88 Å². The molecule has 0 spiro atoms. The Kier molecular flexibility index (Phi) is 8.07. The average Bonchev–Trinajstić information content (AvgIpc) is 3.26. The summed E-state index contributed by atoms with van der Waals surface area (Å²) in [5.41, 5.74) is 11.0. The van der Waals surface area contributed by atoms with E-state index in [1.807, 2.05) is 12.1 Å². The molecule has 1 aromatic heterocycles. The quantitative estimate of drug-likeness (QED) is 0.162. The van der Waals surface area contributed by atoms with Crippen molar-refractivity contribution in [3.63, 3.8) is 0 Å². The number of amidine groups is 2. The molecule has 55 heavy (non-hydrogen) atoms. The van der Waals surface area contributed by atoms with Gasteiger partial charge in [0, 0.05) is 34.5 Å². The van der Waals surface area contributed by atoms with Crippen LogP contribution in [-0.4, -0.2) is 28.6 Å². The summed E-state index contributed by atoms with van der Waals surface area (Å²) in [6, 6.07) is 68.6. The van der Waals surface area contributed by atoms with Crippen LogP contribution in [0.2, 0.25) is 0 Å². The van der Waals surface area contributed by atoms with E-state index in [4.69, 9.17) is 15.0 Å². The van der Waals surface area contributed by atoms with Crippen LogP contribution in [-0.2, 0) is 0 Å². The molecule has 1 unspecified atom stereocenters. The molecule has 9 aromatic rings. The predicted molar refractivity (Wildman–Crippen MR) is 230 cm³/mol. The Labute approximate surface area is 320 Å². The SMILES string of the molecule is CN1C(c2ccccc2)=NC(c2ccc(-c3ccc4c(-c5ccc(-c6nc7ccccc7c7ccccc67)cc5)cccc4c3)cc2)=NC1c1ccccc1. The van der Waals surface area contributed by atoms with Crippen LogP contribution in [0.1, 0.15) is 22.9 Å². The maximum absolute atomic E-state index is 5.16. The molecule has 260 valence electrons. The molecule has 2 heterocycles. The highest BCUT2D eigenvalue weighted by molar-refractivity contribution is 6.13. The van der Waals surface area contributed by atoms with Crippen molar-refractivity contribution >= 4 is 44.1 Å². The molecule has 1 aliphatic rings. The Morgan fingerprint density at radius 3 is 1.84 bits per heavy atom. The van der Waals surface area contributed by atoms with Gasteiger partial charge >= 0.3 is 0 Å². The number of hydrogen-bond acceptors (Lipinski definition) is 4. The van der Waals surface area contributed by atoms with E-state index in [1.54, 1.807) is 0 Å². The Morgan fingerprint density at radius 1 is 0.436 bits per heavy atom. The molecule has 0 bridgehead atoms. The lowest BCUT2D eigenvalue weighted by Gasteiger charge is -2.32. The third kappa shape index (κ3) is 5.94. The minimum Gasteiger partial charge on any atom is -0.333 e. The van der Waals surface area contributed by atoms with E-state index in [1.165, 1.54) is 43.6 Å². The molecule has 8 aromatic carbocycles. The monoisotopic (exact) mass is 704 g/mol. The highest BCUT2D eigenvalue weighted by Crippen LogP contribution is 2.36. The Bertz CT molecular complexity index is 2910. The van der Waals surface area contributed by atoms with E-state index in [0.29, 0.717) is 0 Å². The molecule has 4 nitrogen and oxygen atoms in total.